The molecule has 0 saturated carbocycles. The van der Waals surface area contributed by atoms with Crippen LogP contribution < -0.4 is 10.1 Å². The van der Waals surface area contributed by atoms with Gasteiger partial charge in [0, 0.05) is 43.9 Å². The monoisotopic (exact) mass is 472 g/mol. The molecule has 1 saturated heterocycles. The highest BCUT2D eigenvalue weighted by molar-refractivity contribution is 5.80. The van der Waals surface area contributed by atoms with Gasteiger partial charge in [-0.3, -0.25) is 4.79 Å². The Bertz CT molecular complexity index is 1360. The van der Waals surface area contributed by atoms with Crippen LogP contribution in [0.2, 0.25) is 0 Å². The van der Waals surface area contributed by atoms with Gasteiger partial charge in [0.15, 0.2) is 0 Å². The van der Waals surface area contributed by atoms with Gasteiger partial charge in [-0.25, -0.2) is 19.9 Å². The van der Waals surface area contributed by atoms with Gasteiger partial charge in [-0.1, -0.05) is 18.1 Å². The van der Waals surface area contributed by atoms with Crippen molar-refractivity contribution in [1.29, 1.82) is 0 Å². The minimum absolute atomic E-state index is 0.000880. The summed E-state index contributed by atoms with van der Waals surface area (Å²) < 4.78 is 10.7. The standard InChI is InChI=1S/C24H24N8O3/c1-14-15(9-12-32(2)22(14)33)20-13-19(31-35-20)17-6-4-5-16(27-17)18-7-10-25-23(28-18)29-21-8-11-26-24(30-21)34-3/h4-8,10-11,13-15H,9,12H2,1-3H3,(H,25,26,28,29,30)/t14?,15-/m1/s1. The van der Waals surface area contributed by atoms with Gasteiger partial charge in [-0.05, 0) is 30.7 Å². The summed E-state index contributed by atoms with van der Waals surface area (Å²) in [6.45, 7) is 2.63. The Morgan fingerprint density at radius 3 is 2.63 bits per heavy atom. The maximum atomic E-state index is 12.4. The second kappa shape index (κ2) is 9.45. The third-order valence-corrected chi connectivity index (χ3v) is 6.02. The molecule has 1 fully saturated rings. The third-order valence-electron chi connectivity index (χ3n) is 6.02. The lowest BCUT2D eigenvalue weighted by atomic mass is 9.84. The van der Waals surface area contributed by atoms with Crippen molar-refractivity contribution in [3.8, 4) is 28.8 Å². The lowest BCUT2D eigenvalue weighted by molar-refractivity contribution is -0.137. The van der Waals surface area contributed by atoms with E-state index in [1.54, 1.807) is 29.4 Å². The zero-order valence-corrected chi connectivity index (χ0v) is 19.5. The number of rotatable bonds is 6. The summed E-state index contributed by atoms with van der Waals surface area (Å²) in [5.41, 5.74) is 2.54. The van der Waals surface area contributed by atoms with Crippen LogP contribution in [0.25, 0.3) is 22.8 Å². The number of aromatic nitrogens is 6. The van der Waals surface area contributed by atoms with Crippen molar-refractivity contribution in [2.24, 2.45) is 5.92 Å². The summed E-state index contributed by atoms with van der Waals surface area (Å²) in [5, 5.41) is 7.28. The van der Waals surface area contributed by atoms with Crippen molar-refractivity contribution >= 4 is 17.7 Å². The SMILES string of the molecule is COc1nccc(Nc2nccc(-c3cccc(-c4cc([C@@H]5CCN(C)C(=O)C5C)on4)n3)n2)n1. The van der Waals surface area contributed by atoms with E-state index < -0.39 is 0 Å². The molecular formula is C24H24N8O3. The van der Waals surface area contributed by atoms with E-state index in [1.165, 1.54) is 7.11 Å². The molecule has 0 bridgehead atoms. The first-order valence-electron chi connectivity index (χ1n) is 11.2. The molecule has 1 aliphatic heterocycles. The van der Waals surface area contributed by atoms with E-state index in [9.17, 15) is 4.79 Å². The fourth-order valence-corrected chi connectivity index (χ4v) is 4.09. The Balaban J connectivity index is 1.37. The van der Waals surface area contributed by atoms with Crippen molar-refractivity contribution in [2.75, 3.05) is 26.0 Å². The Hall–Kier alpha value is -4.41. The molecule has 0 aromatic carbocycles. The molecule has 5 heterocycles. The maximum Gasteiger partial charge on any atom is 0.318 e. The van der Waals surface area contributed by atoms with Gasteiger partial charge in [0.2, 0.25) is 11.9 Å². The highest BCUT2D eigenvalue weighted by Gasteiger charge is 2.35. The van der Waals surface area contributed by atoms with Crippen molar-refractivity contribution in [2.45, 2.75) is 19.3 Å². The van der Waals surface area contributed by atoms with Crippen molar-refractivity contribution in [3.05, 3.63) is 54.6 Å². The van der Waals surface area contributed by atoms with E-state index in [4.69, 9.17) is 14.2 Å². The number of likely N-dealkylation sites (tertiary alicyclic amines) is 1. The molecule has 11 nitrogen and oxygen atoms in total. The predicted molar refractivity (Wildman–Crippen MR) is 127 cm³/mol. The topological polar surface area (TPSA) is 132 Å². The van der Waals surface area contributed by atoms with E-state index in [2.05, 4.69) is 30.4 Å². The third kappa shape index (κ3) is 4.65. The first-order chi connectivity index (χ1) is 17.0. The van der Waals surface area contributed by atoms with Crippen LogP contribution in [0.3, 0.4) is 0 Å². The number of ether oxygens (including phenoxy) is 1. The van der Waals surface area contributed by atoms with E-state index >= 15 is 0 Å². The average Bonchev–Trinajstić information content (AvgIpc) is 3.38. The van der Waals surface area contributed by atoms with Gasteiger partial charge < -0.3 is 19.5 Å². The summed E-state index contributed by atoms with van der Waals surface area (Å²) in [6, 6.07) is 11.2. The molecule has 1 aliphatic rings. The molecule has 4 aromatic rings. The normalized spacial score (nSPS) is 17.9. The van der Waals surface area contributed by atoms with Gasteiger partial charge in [0.05, 0.1) is 24.2 Å². The van der Waals surface area contributed by atoms with Crippen LogP contribution >= 0.6 is 0 Å². The Labute approximate surface area is 201 Å². The summed E-state index contributed by atoms with van der Waals surface area (Å²) >= 11 is 0. The van der Waals surface area contributed by atoms with E-state index in [-0.39, 0.29) is 23.8 Å². The fraction of sp³-hybridized carbons (Fsp3) is 0.292. The summed E-state index contributed by atoms with van der Waals surface area (Å²) in [6.07, 6.45) is 4.06. The van der Waals surface area contributed by atoms with Crippen molar-refractivity contribution in [3.63, 3.8) is 0 Å². The molecule has 2 atom stereocenters. The van der Waals surface area contributed by atoms with Gasteiger partial charge in [0.1, 0.15) is 17.3 Å². The van der Waals surface area contributed by atoms with Crippen LogP contribution in [-0.4, -0.2) is 61.6 Å². The van der Waals surface area contributed by atoms with E-state index in [1.807, 2.05) is 38.2 Å². The number of nitrogens with zero attached hydrogens (tertiary/aromatic N) is 7. The number of hydrogen-bond donors (Lipinski definition) is 1. The highest BCUT2D eigenvalue weighted by atomic mass is 16.5. The first kappa shape index (κ1) is 22.4. The minimum Gasteiger partial charge on any atom is -0.467 e. The molecule has 0 spiro atoms. The lowest BCUT2D eigenvalue weighted by Gasteiger charge is -2.32. The van der Waals surface area contributed by atoms with Crippen LogP contribution in [0.4, 0.5) is 11.8 Å². The van der Waals surface area contributed by atoms with Gasteiger partial charge in [-0.15, -0.1) is 0 Å². The van der Waals surface area contributed by atoms with Crippen LogP contribution in [-0.2, 0) is 4.79 Å². The number of nitrogens with one attached hydrogen (secondary N) is 1. The van der Waals surface area contributed by atoms with Crippen LogP contribution in [0.5, 0.6) is 6.01 Å². The zero-order valence-electron chi connectivity index (χ0n) is 19.5. The quantitative estimate of drug-likeness (QED) is 0.446. The van der Waals surface area contributed by atoms with Gasteiger partial charge in [0.25, 0.3) is 0 Å². The highest BCUT2D eigenvalue weighted by Crippen LogP contribution is 2.35. The average molecular weight is 473 g/mol. The maximum absolute atomic E-state index is 12.4. The number of methoxy groups -OCH3 is 1. The lowest BCUT2D eigenvalue weighted by Crippen LogP contribution is -2.40. The zero-order chi connectivity index (χ0) is 24.4. The second-order valence-corrected chi connectivity index (χ2v) is 8.29. The number of anilines is 2. The predicted octanol–water partition coefficient (Wildman–Crippen LogP) is 3.32. The largest absolute Gasteiger partial charge is 0.467 e. The molecule has 1 unspecified atom stereocenters. The molecule has 4 aromatic heterocycles. The number of carbonyl (C=O) groups excluding carboxylic acids is 1. The second-order valence-electron chi connectivity index (χ2n) is 8.29. The van der Waals surface area contributed by atoms with Crippen molar-refractivity contribution < 1.29 is 14.1 Å². The summed E-state index contributed by atoms with van der Waals surface area (Å²) in [4.78, 5) is 35.9. The van der Waals surface area contributed by atoms with Gasteiger partial charge in [-0.2, -0.15) is 4.98 Å². The van der Waals surface area contributed by atoms with Crippen LogP contribution in [0.15, 0.2) is 53.3 Å². The van der Waals surface area contributed by atoms with E-state index in [0.717, 1.165) is 6.42 Å². The van der Waals surface area contributed by atoms with E-state index in [0.29, 0.717) is 46.8 Å². The molecule has 1 N–H and O–H groups in total. The molecule has 5 rings (SSSR count). The van der Waals surface area contributed by atoms with Crippen molar-refractivity contribution in [1.82, 2.24) is 35.0 Å². The van der Waals surface area contributed by atoms with Crippen LogP contribution in [0, 0.1) is 5.92 Å². The Kier molecular flexibility index (Phi) is 6.04. The molecule has 0 radical (unpaired) electrons. The summed E-state index contributed by atoms with van der Waals surface area (Å²) in [5.74, 6) is 1.53. The van der Waals surface area contributed by atoms with Crippen LogP contribution in [0.1, 0.15) is 25.0 Å². The number of hydrogen-bond acceptors (Lipinski definition) is 10. The number of pyridine rings is 1. The molecule has 1 amide bonds. The first-order valence-corrected chi connectivity index (χ1v) is 11.2. The Morgan fingerprint density at radius 1 is 1.03 bits per heavy atom. The molecule has 178 valence electrons. The smallest absolute Gasteiger partial charge is 0.318 e. The van der Waals surface area contributed by atoms with Gasteiger partial charge >= 0.3 is 6.01 Å². The fourth-order valence-electron chi connectivity index (χ4n) is 4.09. The molecule has 0 aliphatic carbocycles. The Morgan fingerprint density at radius 2 is 1.80 bits per heavy atom. The minimum atomic E-state index is -0.157. The number of carbonyl (C=O) groups is 1. The molecular weight excluding hydrogens is 448 g/mol. The molecule has 11 heteroatoms. The number of piperidine rings is 1. The number of amides is 1. The summed E-state index contributed by atoms with van der Waals surface area (Å²) in [7, 11) is 3.33. The molecule has 35 heavy (non-hydrogen) atoms.